The zero-order valence-corrected chi connectivity index (χ0v) is 11.8. The van der Waals surface area contributed by atoms with Gasteiger partial charge in [-0.1, -0.05) is 48.5 Å². The molecule has 1 aromatic rings. The van der Waals surface area contributed by atoms with Gasteiger partial charge in [-0.25, -0.2) is 0 Å². The van der Waals surface area contributed by atoms with Crippen molar-refractivity contribution in [3.63, 3.8) is 0 Å². The number of pyridine rings is 1. The normalized spacial score (nSPS) is 13.2. The SMILES string of the molecule is CC(C)c1ccnc(C(C)(C)C(C)(C)C)c1. The van der Waals surface area contributed by atoms with Gasteiger partial charge in [-0.05, 0) is 29.0 Å². The first-order chi connectivity index (χ1) is 7.16. The molecule has 1 rings (SSSR count). The van der Waals surface area contributed by atoms with E-state index < -0.39 is 0 Å². The second-order valence-corrected chi connectivity index (χ2v) is 6.50. The molecule has 0 spiro atoms. The van der Waals surface area contributed by atoms with Crippen molar-refractivity contribution < 1.29 is 0 Å². The molecule has 0 aliphatic rings. The average molecular weight is 219 g/mol. The van der Waals surface area contributed by atoms with Crippen molar-refractivity contribution in [1.29, 1.82) is 0 Å². The van der Waals surface area contributed by atoms with Gasteiger partial charge >= 0.3 is 0 Å². The molecular formula is C15H25N. The van der Waals surface area contributed by atoms with E-state index in [4.69, 9.17) is 0 Å². The molecule has 1 nitrogen and oxygen atoms in total. The highest BCUT2D eigenvalue weighted by molar-refractivity contribution is 5.25. The molecule has 0 aliphatic heterocycles. The van der Waals surface area contributed by atoms with E-state index in [1.54, 1.807) is 0 Å². The zero-order valence-electron chi connectivity index (χ0n) is 11.8. The van der Waals surface area contributed by atoms with E-state index in [-0.39, 0.29) is 10.8 Å². The molecule has 0 fully saturated rings. The van der Waals surface area contributed by atoms with Crippen LogP contribution in [0.1, 0.15) is 65.6 Å². The standard InChI is InChI=1S/C15H25N/c1-11(2)12-8-9-16-13(10-12)15(6,7)14(3,4)5/h8-11H,1-7H3. The summed E-state index contributed by atoms with van der Waals surface area (Å²) in [7, 11) is 0. The molecule has 0 aromatic carbocycles. The highest BCUT2D eigenvalue weighted by Gasteiger charge is 2.35. The van der Waals surface area contributed by atoms with Crippen LogP contribution in [0.5, 0.6) is 0 Å². The third-order valence-electron chi connectivity index (χ3n) is 3.97. The summed E-state index contributed by atoms with van der Waals surface area (Å²) in [6, 6.07) is 4.38. The molecule has 0 N–H and O–H groups in total. The Bertz CT molecular complexity index is 356. The van der Waals surface area contributed by atoms with Crippen molar-refractivity contribution in [2.75, 3.05) is 0 Å². The van der Waals surface area contributed by atoms with Gasteiger partial charge in [0.05, 0.1) is 0 Å². The summed E-state index contributed by atoms with van der Waals surface area (Å²) in [4.78, 5) is 4.56. The summed E-state index contributed by atoms with van der Waals surface area (Å²) >= 11 is 0. The van der Waals surface area contributed by atoms with Gasteiger partial charge in [0.1, 0.15) is 0 Å². The van der Waals surface area contributed by atoms with E-state index in [9.17, 15) is 0 Å². The summed E-state index contributed by atoms with van der Waals surface area (Å²) in [6.45, 7) is 15.8. The Morgan fingerprint density at radius 1 is 1.06 bits per heavy atom. The van der Waals surface area contributed by atoms with Crippen LogP contribution in [0.3, 0.4) is 0 Å². The van der Waals surface area contributed by atoms with E-state index in [1.807, 2.05) is 6.20 Å². The maximum Gasteiger partial charge on any atom is 0.0467 e. The lowest BCUT2D eigenvalue weighted by Gasteiger charge is -2.38. The van der Waals surface area contributed by atoms with Gasteiger partial charge in [0, 0.05) is 17.3 Å². The Labute approximate surface area is 100 Å². The predicted molar refractivity (Wildman–Crippen MR) is 70.8 cm³/mol. The van der Waals surface area contributed by atoms with Crippen LogP contribution in [0, 0.1) is 5.41 Å². The molecule has 90 valence electrons. The minimum absolute atomic E-state index is 0.0951. The summed E-state index contributed by atoms with van der Waals surface area (Å²) < 4.78 is 0. The maximum atomic E-state index is 4.56. The fraction of sp³-hybridized carbons (Fsp3) is 0.667. The van der Waals surface area contributed by atoms with Crippen LogP contribution in [-0.4, -0.2) is 4.98 Å². The number of rotatable bonds is 2. The highest BCUT2D eigenvalue weighted by Crippen LogP contribution is 2.40. The molecule has 0 radical (unpaired) electrons. The fourth-order valence-electron chi connectivity index (χ4n) is 1.53. The Kier molecular flexibility index (Phi) is 3.47. The lowest BCUT2D eigenvalue weighted by Crippen LogP contribution is -2.34. The topological polar surface area (TPSA) is 12.9 Å². The van der Waals surface area contributed by atoms with Gasteiger partial charge in [0.25, 0.3) is 0 Å². The Morgan fingerprint density at radius 2 is 1.62 bits per heavy atom. The lowest BCUT2D eigenvalue weighted by molar-refractivity contribution is 0.219. The smallest absolute Gasteiger partial charge is 0.0467 e. The first kappa shape index (κ1) is 13.2. The molecule has 0 saturated heterocycles. The Balaban J connectivity index is 3.19. The number of nitrogens with zero attached hydrogens (tertiary/aromatic N) is 1. The number of aromatic nitrogens is 1. The Morgan fingerprint density at radius 3 is 2.06 bits per heavy atom. The van der Waals surface area contributed by atoms with E-state index >= 15 is 0 Å². The van der Waals surface area contributed by atoms with Gasteiger partial charge in [-0.3, -0.25) is 4.98 Å². The third-order valence-corrected chi connectivity index (χ3v) is 3.97. The van der Waals surface area contributed by atoms with Gasteiger partial charge in [0.2, 0.25) is 0 Å². The summed E-state index contributed by atoms with van der Waals surface area (Å²) in [5.41, 5.74) is 2.89. The first-order valence-electron chi connectivity index (χ1n) is 6.12. The zero-order chi connectivity index (χ0) is 12.6. The van der Waals surface area contributed by atoms with Crippen LogP contribution >= 0.6 is 0 Å². The number of hydrogen-bond acceptors (Lipinski definition) is 1. The van der Waals surface area contributed by atoms with Gasteiger partial charge < -0.3 is 0 Å². The van der Waals surface area contributed by atoms with Crippen LogP contribution in [0.25, 0.3) is 0 Å². The van der Waals surface area contributed by atoms with Crippen molar-refractivity contribution in [1.82, 2.24) is 4.98 Å². The average Bonchev–Trinajstić information content (AvgIpc) is 2.16. The minimum atomic E-state index is 0.0951. The van der Waals surface area contributed by atoms with Crippen molar-refractivity contribution in [2.24, 2.45) is 5.41 Å². The molecule has 0 amide bonds. The largest absolute Gasteiger partial charge is 0.261 e. The van der Waals surface area contributed by atoms with Crippen LogP contribution in [0.4, 0.5) is 0 Å². The predicted octanol–water partition coefficient (Wildman–Crippen LogP) is 4.53. The van der Waals surface area contributed by atoms with E-state index in [0.29, 0.717) is 5.92 Å². The summed E-state index contributed by atoms with van der Waals surface area (Å²) in [5.74, 6) is 0.567. The van der Waals surface area contributed by atoms with Crippen LogP contribution in [0.15, 0.2) is 18.3 Å². The van der Waals surface area contributed by atoms with Gasteiger partial charge in [0.15, 0.2) is 0 Å². The Hall–Kier alpha value is -0.850. The molecule has 1 aromatic heterocycles. The van der Waals surface area contributed by atoms with E-state index in [2.05, 4.69) is 65.6 Å². The minimum Gasteiger partial charge on any atom is -0.261 e. The van der Waals surface area contributed by atoms with Crippen molar-refractivity contribution >= 4 is 0 Å². The molecule has 16 heavy (non-hydrogen) atoms. The molecule has 0 bridgehead atoms. The summed E-state index contributed by atoms with van der Waals surface area (Å²) in [6.07, 6.45) is 1.94. The van der Waals surface area contributed by atoms with Crippen molar-refractivity contribution in [3.8, 4) is 0 Å². The molecule has 0 atom stereocenters. The third kappa shape index (κ3) is 2.45. The molecule has 0 saturated carbocycles. The van der Waals surface area contributed by atoms with Crippen LogP contribution < -0.4 is 0 Å². The molecule has 1 heterocycles. The quantitative estimate of drug-likeness (QED) is 0.712. The highest BCUT2D eigenvalue weighted by atomic mass is 14.7. The molecular weight excluding hydrogens is 194 g/mol. The van der Waals surface area contributed by atoms with Gasteiger partial charge in [-0.15, -0.1) is 0 Å². The maximum absolute atomic E-state index is 4.56. The first-order valence-corrected chi connectivity index (χ1v) is 6.12. The van der Waals surface area contributed by atoms with Gasteiger partial charge in [-0.2, -0.15) is 0 Å². The van der Waals surface area contributed by atoms with Crippen molar-refractivity contribution in [2.45, 2.75) is 59.8 Å². The molecule has 1 heteroatoms. The fourth-order valence-corrected chi connectivity index (χ4v) is 1.53. The lowest BCUT2D eigenvalue weighted by atomic mass is 9.67. The molecule has 0 aliphatic carbocycles. The summed E-state index contributed by atoms with van der Waals surface area (Å²) in [5, 5.41) is 0. The molecule has 0 unspecified atom stereocenters. The monoisotopic (exact) mass is 219 g/mol. The second kappa shape index (κ2) is 4.20. The van der Waals surface area contributed by atoms with E-state index in [0.717, 1.165) is 0 Å². The van der Waals surface area contributed by atoms with Crippen LogP contribution in [0.2, 0.25) is 0 Å². The van der Waals surface area contributed by atoms with Crippen molar-refractivity contribution in [3.05, 3.63) is 29.6 Å². The van der Waals surface area contributed by atoms with Crippen LogP contribution in [-0.2, 0) is 5.41 Å². The number of hydrogen-bond donors (Lipinski definition) is 0. The second-order valence-electron chi connectivity index (χ2n) is 6.50. The van der Waals surface area contributed by atoms with E-state index in [1.165, 1.54) is 11.3 Å².